The van der Waals surface area contributed by atoms with Gasteiger partial charge in [0.15, 0.2) is 12.2 Å². The summed E-state index contributed by atoms with van der Waals surface area (Å²) < 4.78 is 31.1. The molecule has 4 N–H and O–H groups in total. The van der Waals surface area contributed by atoms with Crippen molar-refractivity contribution in [2.75, 3.05) is 33.9 Å². The van der Waals surface area contributed by atoms with E-state index in [4.69, 9.17) is 14.2 Å². The second-order valence-electron chi connectivity index (χ2n) is 13.6. The third-order valence-electron chi connectivity index (χ3n) is 9.83. The number of aliphatic carboxylic acids is 1. The largest absolute Gasteiger partial charge is 0.497 e. The first kappa shape index (κ1) is 38.2. The molecule has 14 heteroatoms. The van der Waals surface area contributed by atoms with Crippen molar-refractivity contribution in [3.63, 3.8) is 0 Å². The zero-order valence-corrected chi connectivity index (χ0v) is 31.1. The number of carbonyl (C=O) groups is 3. The Hall–Kier alpha value is -4.50. The lowest BCUT2D eigenvalue weighted by molar-refractivity contribution is -0.163. The number of hydrogen-bond acceptors (Lipinski definition) is 9. The summed E-state index contributed by atoms with van der Waals surface area (Å²) in [5.41, 5.74) is 4.10. The van der Waals surface area contributed by atoms with E-state index in [1.165, 1.54) is 17.0 Å². The van der Waals surface area contributed by atoms with Gasteiger partial charge in [-0.25, -0.2) is 9.18 Å². The van der Waals surface area contributed by atoms with Crippen LogP contribution < -0.4 is 19.5 Å². The molecule has 2 heterocycles. The van der Waals surface area contributed by atoms with Gasteiger partial charge in [-0.1, -0.05) is 24.3 Å². The lowest BCUT2D eigenvalue weighted by atomic mass is 9.82. The third-order valence-corrected chi connectivity index (χ3v) is 10.5. The molecule has 0 aromatic heterocycles. The van der Waals surface area contributed by atoms with Crippen LogP contribution in [-0.4, -0.2) is 107 Å². The van der Waals surface area contributed by atoms with Gasteiger partial charge in [-0.3, -0.25) is 9.59 Å². The Labute approximate surface area is 315 Å². The van der Waals surface area contributed by atoms with E-state index in [9.17, 15) is 34.1 Å². The molecule has 4 unspecified atom stereocenters. The number of aliphatic hydroxyl groups excluding tert-OH is 2. The number of nitrogens with zero attached hydrogens (tertiary/aromatic N) is 2. The summed E-state index contributed by atoms with van der Waals surface area (Å²) in [7, 11) is 3.13. The van der Waals surface area contributed by atoms with Gasteiger partial charge in [-0.15, -0.1) is 0 Å². The predicted octanol–water partition coefficient (Wildman–Crippen LogP) is 3.94. The van der Waals surface area contributed by atoms with Gasteiger partial charge in [-0.2, -0.15) is 0 Å². The fourth-order valence-corrected chi connectivity index (χ4v) is 7.35. The van der Waals surface area contributed by atoms with Crippen LogP contribution in [0.15, 0.2) is 70.7 Å². The first-order valence-corrected chi connectivity index (χ1v) is 18.3. The molecular weight excluding hydrogens is 753 g/mol. The molecule has 0 spiro atoms. The van der Waals surface area contributed by atoms with E-state index in [0.29, 0.717) is 59.7 Å². The van der Waals surface area contributed by atoms with Crippen LogP contribution in [0.2, 0.25) is 0 Å². The van der Waals surface area contributed by atoms with Crippen molar-refractivity contribution < 1.29 is 48.3 Å². The number of ether oxygens (including phenoxy) is 3. The molecule has 282 valence electrons. The van der Waals surface area contributed by atoms with E-state index in [-0.39, 0.29) is 36.9 Å². The van der Waals surface area contributed by atoms with Crippen molar-refractivity contribution >= 4 is 39.3 Å². The second-order valence-corrected chi connectivity index (χ2v) is 14.4. The highest BCUT2D eigenvalue weighted by molar-refractivity contribution is 9.10. The molecular formula is C39H43BrFN3O9. The number of halogens is 2. The smallest absolute Gasteiger partial charge is 0.335 e. The Morgan fingerprint density at radius 2 is 1.66 bits per heavy atom. The summed E-state index contributed by atoms with van der Waals surface area (Å²) in [6.07, 6.45) is -0.938. The molecule has 1 aliphatic carbocycles. The number of carboxylic acids is 1. The Morgan fingerprint density at radius 3 is 2.30 bits per heavy atom. The highest BCUT2D eigenvalue weighted by Gasteiger charge is 2.45. The van der Waals surface area contributed by atoms with Crippen LogP contribution >= 0.6 is 15.9 Å². The van der Waals surface area contributed by atoms with Gasteiger partial charge in [0, 0.05) is 49.4 Å². The van der Waals surface area contributed by atoms with E-state index in [1.807, 2.05) is 41.3 Å². The molecule has 1 saturated heterocycles. The van der Waals surface area contributed by atoms with E-state index in [0.717, 1.165) is 35.1 Å². The molecule has 1 saturated carbocycles. The minimum Gasteiger partial charge on any atom is -0.497 e. The molecule has 6 rings (SSSR count). The maximum Gasteiger partial charge on any atom is 0.335 e. The van der Waals surface area contributed by atoms with Gasteiger partial charge >= 0.3 is 5.97 Å². The quantitative estimate of drug-likeness (QED) is 0.166. The van der Waals surface area contributed by atoms with Crippen LogP contribution in [0.25, 0.3) is 5.57 Å². The third kappa shape index (κ3) is 9.01. The molecule has 53 heavy (non-hydrogen) atoms. The van der Waals surface area contributed by atoms with Gasteiger partial charge < -0.3 is 44.6 Å². The summed E-state index contributed by atoms with van der Waals surface area (Å²) in [4.78, 5) is 42.6. The maximum absolute atomic E-state index is 14.8. The van der Waals surface area contributed by atoms with E-state index in [2.05, 4.69) is 21.2 Å². The number of benzene rings is 3. The van der Waals surface area contributed by atoms with Crippen molar-refractivity contribution in [1.82, 2.24) is 15.1 Å². The summed E-state index contributed by atoms with van der Waals surface area (Å²) in [6, 6.07) is 16.9. The zero-order valence-electron chi connectivity index (χ0n) is 29.5. The van der Waals surface area contributed by atoms with Crippen molar-refractivity contribution in [2.45, 2.75) is 69.0 Å². The molecule has 2 amide bonds. The highest BCUT2D eigenvalue weighted by Crippen LogP contribution is 2.38. The van der Waals surface area contributed by atoms with Crippen molar-refractivity contribution in [2.24, 2.45) is 0 Å². The number of carboxylic acid groups (broad SMARTS) is 1. The van der Waals surface area contributed by atoms with Crippen LogP contribution in [-0.2, 0) is 27.3 Å². The number of aliphatic hydroxyl groups is 2. The van der Waals surface area contributed by atoms with E-state index < -0.39 is 30.1 Å². The number of methoxy groups -OCH3 is 2. The first-order valence-electron chi connectivity index (χ1n) is 17.5. The Bertz CT molecular complexity index is 1850. The molecule has 2 bridgehead atoms. The first-order chi connectivity index (χ1) is 25.4. The van der Waals surface area contributed by atoms with Crippen LogP contribution in [0.1, 0.15) is 42.4 Å². The highest BCUT2D eigenvalue weighted by atomic mass is 79.9. The van der Waals surface area contributed by atoms with Crippen molar-refractivity contribution in [1.29, 1.82) is 0 Å². The second kappa shape index (κ2) is 16.7. The van der Waals surface area contributed by atoms with Gasteiger partial charge in [0.25, 0.3) is 11.8 Å². The van der Waals surface area contributed by atoms with Gasteiger partial charge in [0.1, 0.15) is 23.1 Å². The molecule has 3 aliphatic rings. The standard InChI is InChI=1S/C39H43BrFN3O9/c1-51-28-14-23(15-29(18-28)52-2)19-44(27-10-11-27)37(47)34-30(17-26-20-43(21-32(34)42-26)38(48)35(45)36(46)39(49)50)24-7-5-22(6-8-24)4-3-13-53-33-16-25(41)9-12-31(33)40/h5-9,12,14-16,18,26-27,32,35-36,42,45-46H,3-4,10-11,13,17,19-21H2,1-2H3,(H,49,50). The number of aryl methyl sites for hydroxylation is 1. The van der Waals surface area contributed by atoms with Crippen molar-refractivity contribution in [3.05, 3.63) is 93.2 Å². The van der Waals surface area contributed by atoms with E-state index >= 15 is 0 Å². The number of nitrogens with one attached hydrogen (secondary N) is 1. The number of amides is 2. The molecule has 2 fully saturated rings. The zero-order chi connectivity index (χ0) is 37.8. The number of carbonyl (C=O) groups excluding carboxylic acids is 2. The summed E-state index contributed by atoms with van der Waals surface area (Å²) >= 11 is 3.38. The number of piperazine rings is 1. The molecule has 2 aliphatic heterocycles. The number of rotatable bonds is 15. The minimum atomic E-state index is -2.28. The molecule has 4 atom stereocenters. The molecule has 12 nitrogen and oxygen atoms in total. The molecule has 3 aromatic rings. The molecule has 3 aromatic carbocycles. The SMILES string of the molecule is COc1cc(CN(C(=O)C2=C(c3ccc(CCCOc4cc(F)ccc4Br)cc3)CC3CN(C(=O)C(O)C(O)C(=O)O)CC2N3)C2CC2)cc(OC)c1. The fourth-order valence-electron chi connectivity index (χ4n) is 6.99. The summed E-state index contributed by atoms with van der Waals surface area (Å²) in [5.74, 6) is -1.53. The lowest BCUT2D eigenvalue weighted by Gasteiger charge is -2.45. The number of hydrogen-bond donors (Lipinski definition) is 4. The number of fused-ring (bicyclic) bond motifs is 2. The summed E-state index contributed by atoms with van der Waals surface area (Å²) in [5, 5.41) is 33.0. The normalized spacial score (nSPS) is 19.3. The minimum absolute atomic E-state index is 0.00565. The Morgan fingerprint density at radius 1 is 0.962 bits per heavy atom. The average Bonchev–Trinajstić information content (AvgIpc) is 4.01. The average molecular weight is 797 g/mol. The van der Waals surface area contributed by atoms with Crippen LogP contribution in [0, 0.1) is 5.82 Å². The Kier molecular flexibility index (Phi) is 12.0. The topological polar surface area (TPSA) is 158 Å². The molecule has 0 radical (unpaired) electrons. The van der Waals surface area contributed by atoms with Crippen molar-refractivity contribution in [3.8, 4) is 17.2 Å². The predicted molar refractivity (Wildman–Crippen MR) is 196 cm³/mol. The van der Waals surface area contributed by atoms with Gasteiger partial charge in [0.05, 0.1) is 31.3 Å². The maximum atomic E-state index is 14.8. The Balaban J connectivity index is 1.27. The van der Waals surface area contributed by atoms with Gasteiger partial charge in [-0.05, 0) is 94.6 Å². The fraction of sp³-hybridized carbons (Fsp3) is 0.410. The monoisotopic (exact) mass is 795 g/mol. The van der Waals surface area contributed by atoms with Crippen LogP contribution in [0.4, 0.5) is 4.39 Å². The van der Waals surface area contributed by atoms with Gasteiger partial charge in [0.2, 0.25) is 0 Å². The summed E-state index contributed by atoms with van der Waals surface area (Å²) in [6.45, 7) is 0.836. The van der Waals surface area contributed by atoms with E-state index in [1.54, 1.807) is 26.4 Å². The van der Waals surface area contributed by atoms with Crippen LogP contribution in [0.3, 0.4) is 0 Å². The van der Waals surface area contributed by atoms with Crippen LogP contribution in [0.5, 0.6) is 17.2 Å². The lowest BCUT2D eigenvalue weighted by Crippen LogP contribution is -2.64.